The van der Waals surface area contributed by atoms with E-state index in [9.17, 15) is 9.59 Å². The van der Waals surface area contributed by atoms with E-state index in [4.69, 9.17) is 9.47 Å². The van der Waals surface area contributed by atoms with Crippen molar-refractivity contribution in [3.63, 3.8) is 0 Å². The van der Waals surface area contributed by atoms with Crippen molar-refractivity contribution in [2.45, 2.75) is 56.4 Å². The minimum atomic E-state index is -0.369. The summed E-state index contributed by atoms with van der Waals surface area (Å²) in [5.41, 5.74) is 0.638. The number of nitrogens with one attached hydrogen (secondary N) is 3. The van der Waals surface area contributed by atoms with Crippen LogP contribution in [0.2, 0.25) is 0 Å². The van der Waals surface area contributed by atoms with E-state index in [-0.39, 0.29) is 35.3 Å². The van der Waals surface area contributed by atoms with Crippen molar-refractivity contribution in [2.24, 2.45) is 0 Å². The molecule has 3 heterocycles. The van der Waals surface area contributed by atoms with Gasteiger partial charge in [-0.25, -0.2) is 4.98 Å². The number of hydrogen-bond acceptors (Lipinski definition) is 8. The van der Waals surface area contributed by atoms with E-state index in [1.54, 1.807) is 48.7 Å². The highest BCUT2D eigenvalue weighted by Gasteiger charge is 2.44. The average Bonchev–Trinajstić information content (AvgIpc) is 3.26. The molecule has 3 aromatic rings. The van der Waals surface area contributed by atoms with Crippen LogP contribution in [0.15, 0.2) is 35.4 Å². The topological polar surface area (TPSA) is 124 Å². The van der Waals surface area contributed by atoms with Crippen molar-refractivity contribution in [1.82, 2.24) is 24.5 Å². The van der Waals surface area contributed by atoms with Gasteiger partial charge in [0.2, 0.25) is 0 Å². The SMILES string of the molecule is CNc1cc(Nc2cccn([C@H]3C[C@H](OC)C3)c2=O)nc2c(C(=O)NC3CC[C@]3(C)OC)cnn12. The summed E-state index contributed by atoms with van der Waals surface area (Å²) in [5.74, 6) is 0.791. The average molecular weight is 482 g/mol. The molecule has 5 rings (SSSR count). The maximum absolute atomic E-state index is 13.1. The highest BCUT2D eigenvalue weighted by molar-refractivity contribution is 6.00. The molecule has 1 unspecified atom stereocenters. The molecule has 1 amide bonds. The predicted octanol–water partition coefficient (Wildman–Crippen LogP) is 2.32. The van der Waals surface area contributed by atoms with Crippen LogP contribution in [0.1, 0.15) is 49.0 Å². The summed E-state index contributed by atoms with van der Waals surface area (Å²) >= 11 is 0. The molecule has 11 nitrogen and oxygen atoms in total. The number of nitrogens with zero attached hydrogens (tertiary/aromatic N) is 4. The number of rotatable bonds is 8. The van der Waals surface area contributed by atoms with Crippen molar-refractivity contribution >= 4 is 28.9 Å². The van der Waals surface area contributed by atoms with E-state index >= 15 is 0 Å². The molecule has 3 aromatic heterocycles. The zero-order valence-corrected chi connectivity index (χ0v) is 20.4. The molecule has 0 bridgehead atoms. The smallest absolute Gasteiger partial charge is 0.274 e. The number of carbonyl (C=O) groups excluding carboxylic acids is 1. The molecule has 2 atom stereocenters. The van der Waals surface area contributed by atoms with E-state index in [2.05, 4.69) is 26.0 Å². The lowest BCUT2D eigenvalue weighted by molar-refractivity contribution is -0.0828. The first-order valence-corrected chi connectivity index (χ1v) is 11.8. The Hall–Kier alpha value is -3.44. The quantitative estimate of drug-likeness (QED) is 0.448. The second-order valence-electron chi connectivity index (χ2n) is 9.39. The molecule has 11 heteroatoms. The summed E-state index contributed by atoms with van der Waals surface area (Å²) in [6.07, 6.45) is 6.86. The fourth-order valence-corrected chi connectivity index (χ4v) is 4.75. The fraction of sp³-hybridized carbons (Fsp3) is 0.500. The Morgan fingerprint density at radius 1 is 1.29 bits per heavy atom. The molecule has 3 N–H and O–H groups in total. The number of aromatic nitrogens is 4. The second-order valence-corrected chi connectivity index (χ2v) is 9.39. The Kier molecular flexibility index (Phi) is 5.97. The summed E-state index contributed by atoms with van der Waals surface area (Å²) in [6, 6.07) is 5.35. The Labute approximate surface area is 202 Å². The zero-order chi connectivity index (χ0) is 24.7. The lowest BCUT2D eigenvalue weighted by atomic mass is 9.76. The molecule has 2 fully saturated rings. The summed E-state index contributed by atoms with van der Waals surface area (Å²) in [7, 11) is 5.11. The Balaban J connectivity index is 1.43. The third-order valence-corrected chi connectivity index (χ3v) is 7.44. The largest absolute Gasteiger partial charge is 0.381 e. The van der Waals surface area contributed by atoms with E-state index in [0.29, 0.717) is 28.5 Å². The minimum absolute atomic E-state index is 0.0768. The van der Waals surface area contributed by atoms with Crippen LogP contribution in [-0.4, -0.2) is 64.1 Å². The van der Waals surface area contributed by atoms with E-state index in [0.717, 1.165) is 25.7 Å². The first-order chi connectivity index (χ1) is 16.9. The molecular weight excluding hydrogens is 450 g/mol. The van der Waals surface area contributed by atoms with Gasteiger partial charge in [0.1, 0.15) is 22.9 Å². The van der Waals surface area contributed by atoms with Gasteiger partial charge in [0.25, 0.3) is 11.5 Å². The third-order valence-electron chi connectivity index (χ3n) is 7.44. The summed E-state index contributed by atoms with van der Waals surface area (Å²) in [6.45, 7) is 1.99. The van der Waals surface area contributed by atoms with Gasteiger partial charge in [-0.15, -0.1) is 0 Å². The van der Waals surface area contributed by atoms with Gasteiger partial charge in [-0.05, 0) is 44.7 Å². The summed E-state index contributed by atoms with van der Waals surface area (Å²) in [4.78, 5) is 30.8. The molecule has 0 aliphatic heterocycles. The van der Waals surface area contributed by atoms with Crippen molar-refractivity contribution < 1.29 is 14.3 Å². The maximum atomic E-state index is 13.1. The van der Waals surface area contributed by atoms with E-state index in [1.165, 1.54) is 6.20 Å². The number of amides is 1. The number of ether oxygens (including phenoxy) is 2. The normalized spacial score (nSPS) is 25.5. The molecule has 0 spiro atoms. The van der Waals surface area contributed by atoms with Crippen LogP contribution in [0.4, 0.5) is 17.3 Å². The fourth-order valence-electron chi connectivity index (χ4n) is 4.75. The number of hydrogen-bond donors (Lipinski definition) is 3. The van der Waals surface area contributed by atoms with Crippen molar-refractivity contribution in [3.8, 4) is 0 Å². The predicted molar refractivity (Wildman–Crippen MR) is 131 cm³/mol. The standard InChI is InChI=1S/C24H31N7O4/c1-24(35-4)8-7-18(24)28-22(32)16-13-26-31-20(25-2)12-19(29-21(16)31)27-17-6-5-9-30(23(17)33)14-10-15(11-14)34-3/h5-6,9,12-15,18,25H,7-8,10-11H2,1-4H3,(H,27,29)(H,28,32)/t14-,15-,18?,24-/m0/s1. The number of fused-ring (bicyclic) bond motifs is 1. The first kappa shape index (κ1) is 23.3. The van der Waals surface area contributed by atoms with Gasteiger partial charge in [0, 0.05) is 39.6 Å². The molecule has 2 saturated carbocycles. The molecule has 2 aliphatic rings. The van der Waals surface area contributed by atoms with Gasteiger partial charge in [-0.2, -0.15) is 9.61 Å². The Morgan fingerprint density at radius 2 is 2.09 bits per heavy atom. The van der Waals surface area contributed by atoms with Gasteiger partial charge in [0.05, 0.1) is 23.9 Å². The molecule has 35 heavy (non-hydrogen) atoms. The molecule has 186 valence electrons. The van der Waals surface area contributed by atoms with Crippen LogP contribution in [0.5, 0.6) is 0 Å². The highest BCUT2D eigenvalue weighted by Crippen LogP contribution is 2.35. The molecule has 0 aromatic carbocycles. The third kappa shape index (κ3) is 4.04. The van der Waals surface area contributed by atoms with Crippen LogP contribution >= 0.6 is 0 Å². The van der Waals surface area contributed by atoms with Gasteiger partial charge < -0.3 is 30.0 Å². The van der Waals surface area contributed by atoms with E-state index < -0.39 is 0 Å². The van der Waals surface area contributed by atoms with Gasteiger partial charge in [-0.3, -0.25) is 9.59 Å². The van der Waals surface area contributed by atoms with E-state index in [1.807, 2.05) is 13.0 Å². The summed E-state index contributed by atoms with van der Waals surface area (Å²) < 4.78 is 14.2. The van der Waals surface area contributed by atoms with Crippen molar-refractivity contribution in [1.29, 1.82) is 0 Å². The summed E-state index contributed by atoms with van der Waals surface area (Å²) in [5, 5.41) is 13.6. The monoisotopic (exact) mass is 481 g/mol. The number of methoxy groups -OCH3 is 2. The zero-order valence-electron chi connectivity index (χ0n) is 20.4. The van der Waals surface area contributed by atoms with Gasteiger partial charge >= 0.3 is 0 Å². The van der Waals surface area contributed by atoms with Gasteiger partial charge in [0.15, 0.2) is 5.65 Å². The Bertz CT molecular complexity index is 1310. The molecule has 0 radical (unpaired) electrons. The van der Waals surface area contributed by atoms with Crippen molar-refractivity contribution in [3.05, 3.63) is 46.5 Å². The minimum Gasteiger partial charge on any atom is -0.381 e. The van der Waals surface area contributed by atoms with Crippen LogP contribution in [0, 0.1) is 0 Å². The van der Waals surface area contributed by atoms with Crippen LogP contribution in [0.3, 0.4) is 0 Å². The van der Waals surface area contributed by atoms with Gasteiger partial charge in [-0.1, -0.05) is 0 Å². The lowest BCUT2D eigenvalue weighted by Crippen LogP contribution is -2.59. The van der Waals surface area contributed by atoms with Crippen molar-refractivity contribution in [2.75, 3.05) is 31.9 Å². The number of anilines is 3. The maximum Gasteiger partial charge on any atom is 0.274 e. The molecule has 2 aliphatic carbocycles. The van der Waals surface area contributed by atoms with Crippen LogP contribution < -0.4 is 21.5 Å². The second kappa shape index (κ2) is 8.97. The molecule has 0 saturated heterocycles. The van der Waals surface area contributed by atoms with Crippen LogP contribution in [0.25, 0.3) is 5.65 Å². The van der Waals surface area contributed by atoms with Crippen LogP contribution in [-0.2, 0) is 9.47 Å². The Morgan fingerprint density at radius 3 is 2.74 bits per heavy atom. The molecular formula is C24H31N7O4. The number of carbonyl (C=O) groups is 1. The highest BCUT2D eigenvalue weighted by atomic mass is 16.5. The lowest BCUT2D eigenvalue weighted by Gasteiger charge is -2.45. The first-order valence-electron chi connectivity index (χ1n) is 11.8. The number of pyridine rings is 1.